The molecule has 0 saturated carbocycles. The Balaban J connectivity index is 1.24. The van der Waals surface area contributed by atoms with Gasteiger partial charge in [-0.1, -0.05) is 121 Å². The SMILES string of the molecule is O=C(CNC(=O)CC(c1ccccc1)c1ccccc1)NCC(=O)OCC(c1ccccc1)c1ccccc1. The molecule has 0 atom stereocenters. The highest BCUT2D eigenvalue weighted by Gasteiger charge is 2.19. The fourth-order valence-corrected chi connectivity index (χ4v) is 4.45. The molecule has 2 N–H and O–H groups in total. The first-order valence-corrected chi connectivity index (χ1v) is 13.0. The van der Waals surface area contributed by atoms with Crippen LogP contribution in [0.2, 0.25) is 0 Å². The quantitative estimate of drug-likeness (QED) is 0.263. The summed E-state index contributed by atoms with van der Waals surface area (Å²) < 4.78 is 5.50. The van der Waals surface area contributed by atoms with E-state index in [1.54, 1.807) is 0 Å². The summed E-state index contributed by atoms with van der Waals surface area (Å²) in [6.45, 7) is -0.347. The highest BCUT2D eigenvalue weighted by molar-refractivity contribution is 5.87. The zero-order valence-corrected chi connectivity index (χ0v) is 21.7. The average Bonchev–Trinajstić information content (AvgIpc) is 3.00. The summed E-state index contributed by atoms with van der Waals surface area (Å²) in [7, 11) is 0. The first kappa shape index (κ1) is 27.3. The summed E-state index contributed by atoms with van der Waals surface area (Å²) in [5, 5.41) is 5.20. The second kappa shape index (κ2) is 14.3. The molecular formula is C33H32N2O4. The van der Waals surface area contributed by atoms with E-state index in [-0.39, 0.29) is 43.9 Å². The van der Waals surface area contributed by atoms with E-state index in [9.17, 15) is 14.4 Å². The number of rotatable bonds is 12. The molecule has 0 bridgehead atoms. The Morgan fingerprint density at radius 3 is 1.33 bits per heavy atom. The van der Waals surface area contributed by atoms with Gasteiger partial charge in [-0.2, -0.15) is 0 Å². The molecule has 39 heavy (non-hydrogen) atoms. The molecule has 2 amide bonds. The van der Waals surface area contributed by atoms with Crippen molar-refractivity contribution >= 4 is 17.8 Å². The van der Waals surface area contributed by atoms with Crippen molar-refractivity contribution in [2.45, 2.75) is 18.3 Å². The summed E-state index contributed by atoms with van der Waals surface area (Å²) in [6, 6.07) is 39.3. The van der Waals surface area contributed by atoms with Crippen LogP contribution in [0.5, 0.6) is 0 Å². The first-order valence-electron chi connectivity index (χ1n) is 13.0. The van der Waals surface area contributed by atoms with Crippen molar-refractivity contribution < 1.29 is 19.1 Å². The fourth-order valence-electron chi connectivity index (χ4n) is 4.45. The first-order chi connectivity index (χ1) is 19.1. The van der Waals surface area contributed by atoms with Gasteiger partial charge in [-0.15, -0.1) is 0 Å². The van der Waals surface area contributed by atoms with Gasteiger partial charge in [-0.3, -0.25) is 14.4 Å². The maximum atomic E-state index is 12.7. The summed E-state index contributed by atoms with van der Waals surface area (Å²) in [6.07, 6.45) is 0.198. The van der Waals surface area contributed by atoms with E-state index in [0.717, 1.165) is 22.3 Å². The maximum Gasteiger partial charge on any atom is 0.325 e. The minimum Gasteiger partial charge on any atom is -0.463 e. The summed E-state index contributed by atoms with van der Waals surface area (Å²) in [5.41, 5.74) is 4.12. The molecule has 198 valence electrons. The zero-order chi connectivity index (χ0) is 27.3. The molecule has 0 aliphatic heterocycles. The van der Waals surface area contributed by atoms with E-state index in [0.29, 0.717) is 0 Å². The molecule has 0 aromatic heterocycles. The highest BCUT2D eigenvalue weighted by Crippen LogP contribution is 2.28. The lowest BCUT2D eigenvalue weighted by molar-refractivity contribution is -0.144. The van der Waals surface area contributed by atoms with Gasteiger partial charge in [0.1, 0.15) is 13.2 Å². The Kier molecular flexibility index (Phi) is 10.0. The van der Waals surface area contributed by atoms with Crippen molar-refractivity contribution in [2.75, 3.05) is 19.7 Å². The van der Waals surface area contributed by atoms with E-state index in [1.165, 1.54) is 0 Å². The molecule has 6 nitrogen and oxygen atoms in total. The van der Waals surface area contributed by atoms with Crippen LogP contribution in [0.4, 0.5) is 0 Å². The van der Waals surface area contributed by atoms with Crippen molar-refractivity contribution in [1.29, 1.82) is 0 Å². The van der Waals surface area contributed by atoms with E-state index in [1.807, 2.05) is 121 Å². The number of carbonyl (C=O) groups excluding carboxylic acids is 3. The van der Waals surface area contributed by atoms with Gasteiger partial charge in [0.2, 0.25) is 11.8 Å². The lowest BCUT2D eigenvalue weighted by Crippen LogP contribution is -2.39. The van der Waals surface area contributed by atoms with Gasteiger partial charge in [0.15, 0.2) is 0 Å². The molecule has 6 heteroatoms. The molecule has 0 unspecified atom stereocenters. The second-order valence-electron chi connectivity index (χ2n) is 9.19. The molecule has 4 aromatic rings. The minimum atomic E-state index is -0.542. The Morgan fingerprint density at radius 1 is 0.513 bits per heavy atom. The van der Waals surface area contributed by atoms with E-state index in [2.05, 4.69) is 10.6 Å². The Bertz CT molecular complexity index is 1250. The standard InChI is InChI=1S/C33H32N2O4/c36-31(21-29(25-13-5-1-6-14-25)26-15-7-2-8-16-26)34-22-32(37)35-23-33(38)39-24-30(27-17-9-3-10-18-27)28-19-11-4-12-20-28/h1-20,29-30H,21-24H2,(H,34,36)(H,35,37). The van der Waals surface area contributed by atoms with E-state index < -0.39 is 11.9 Å². The van der Waals surface area contributed by atoms with Gasteiger partial charge in [0, 0.05) is 18.3 Å². The number of hydrogen-bond acceptors (Lipinski definition) is 4. The Hall–Kier alpha value is -4.71. The number of nitrogens with one attached hydrogen (secondary N) is 2. The van der Waals surface area contributed by atoms with Crippen molar-refractivity contribution in [3.8, 4) is 0 Å². The third-order valence-electron chi connectivity index (χ3n) is 6.48. The molecule has 0 spiro atoms. The van der Waals surface area contributed by atoms with Gasteiger partial charge in [-0.25, -0.2) is 0 Å². The largest absolute Gasteiger partial charge is 0.463 e. The topological polar surface area (TPSA) is 84.5 Å². The van der Waals surface area contributed by atoms with Crippen LogP contribution in [0.1, 0.15) is 40.5 Å². The smallest absolute Gasteiger partial charge is 0.325 e. The van der Waals surface area contributed by atoms with Crippen LogP contribution in [0, 0.1) is 0 Å². The molecule has 0 radical (unpaired) electrons. The minimum absolute atomic E-state index is 0.117. The molecule has 4 rings (SSSR count). The van der Waals surface area contributed by atoms with Crippen LogP contribution in [0.25, 0.3) is 0 Å². The Labute approximate surface area is 229 Å². The molecule has 0 aliphatic rings. The van der Waals surface area contributed by atoms with Gasteiger partial charge < -0.3 is 15.4 Å². The number of ether oxygens (including phenoxy) is 1. The lowest BCUT2D eigenvalue weighted by Gasteiger charge is -2.18. The monoisotopic (exact) mass is 520 g/mol. The zero-order valence-electron chi connectivity index (χ0n) is 21.7. The van der Waals surface area contributed by atoms with Crippen molar-refractivity contribution in [3.05, 3.63) is 144 Å². The highest BCUT2D eigenvalue weighted by atomic mass is 16.5. The van der Waals surface area contributed by atoms with E-state index in [4.69, 9.17) is 4.74 Å². The van der Waals surface area contributed by atoms with Crippen LogP contribution in [0.3, 0.4) is 0 Å². The number of hydrogen-bond donors (Lipinski definition) is 2. The van der Waals surface area contributed by atoms with Crippen molar-refractivity contribution in [3.63, 3.8) is 0 Å². The van der Waals surface area contributed by atoms with Gasteiger partial charge in [0.05, 0.1) is 6.54 Å². The normalized spacial score (nSPS) is 10.7. The molecule has 0 aliphatic carbocycles. The summed E-state index contributed by atoms with van der Waals surface area (Å²) in [5.74, 6) is -1.50. The van der Waals surface area contributed by atoms with E-state index >= 15 is 0 Å². The Morgan fingerprint density at radius 2 is 0.897 bits per heavy atom. The third-order valence-corrected chi connectivity index (χ3v) is 6.48. The maximum absolute atomic E-state index is 12.7. The van der Waals surface area contributed by atoms with Gasteiger partial charge in [0.25, 0.3) is 0 Å². The molecular weight excluding hydrogens is 488 g/mol. The lowest BCUT2D eigenvalue weighted by atomic mass is 9.88. The third kappa shape index (κ3) is 8.40. The van der Waals surface area contributed by atoms with Crippen LogP contribution in [-0.4, -0.2) is 37.5 Å². The fraction of sp³-hybridized carbons (Fsp3) is 0.182. The van der Waals surface area contributed by atoms with Gasteiger partial charge in [-0.05, 0) is 22.3 Å². The molecule has 0 fully saturated rings. The van der Waals surface area contributed by atoms with Crippen molar-refractivity contribution in [1.82, 2.24) is 10.6 Å². The van der Waals surface area contributed by atoms with Crippen molar-refractivity contribution in [2.24, 2.45) is 0 Å². The molecule has 4 aromatic carbocycles. The number of esters is 1. The van der Waals surface area contributed by atoms with Gasteiger partial charge >= 0.3 is 5.97 Å². The number of carbonyl (C=O) groups is 3. The molecule has 0 heterocycles. The number of amides is 2. The summed E-state index contributed by atoms with van der Waals surface area (Å²) in [4.78, 5) is 37.4. The average molecular weight is 521 g/mol. The predicted octanol–water partition coefficient (Wildman–Crippen LogP) is 4.82. The number of benzene rings is 4. The van der Waals surface area contributed by atoms with Crippen LogP contribution >= 0.6 is 0 Å². The molecule has 0 saturated heterocycles. The van der Waals surface area contributed by atoms with Crippen LogP contribution < -0.4 is 10.6 Å². The predicted molar refractivity (Wildman–Crippen MR) is 151 cm³/mol. The van der Waals surface area contributed by atoms with Crippen LogP contribution in [0.15, 0.2) is 121 Å². The van der Waals surface area contributed by atoms with Crippen LogP contribution in [-0.2, 0) is 19.1 Å². The summed E-state index contributed by atoms with van der Waals surface area (Å²) >= 11 is 0. The second-order valence-corrected chi connectivity index (χ2v) is 9.19.